The molecule has 0 aliphatic carbocycles. The molecule has 1 aliphatic heterocycles. The minimum absolute atomic E-state index is 0.124. The van der Waals surface area contributed by atoms with Crippen LogP contribution in [0.1, 0.15) is 46.8 Å². The number of likely N-dealkylation sites (tertiary alicyclic amines) is 1. The third kappa shape index (κ3) is 4.87. The number of methoxy groups -OCH3 is 1. The molecule has 2 aromatic rings. The molecule has 3 rings (SSSR count). The number of hydrogen-bond donors (Lipinski definition) is 1. The molecule has 0 bridgehead atoms. The summed E-state index contributed by atoms with van der Waals surface area (Å²) in [7, 11) is 1.66. The lowest BCUT2D eigenvalue weighted by Crippen LogP contribution is -2.40. The molecule has 1 atom stereocenters. The van der Waals surface area contributed by atoms with E-state index in [4.69, 9.17) is 10.00 Å². The molecule has 0 unspecified atom stereocenters. The monoisotopic (exact) mass is 363 g/mol. The highest BCUT2D eigenvalue weighted by atomic mass is 16.5. The normalized spacial score (nSPS) is 15.6. The quantitative estimate of drug-likeness (QED) is 0.853. The van der Waals surface area contributed by atoms with Crippen molar-refractivity contribution in [3.63, 3.8) is 0 Å². The van der Waals surface area contributed by atoms with Crippen molar-refractivity contribution in [2.45, 2.75) is 25.3 Å². The zero-order valence-corrected chi connectivity index (χ0v) is 15.6. The number of ether oxygens (including phenoxy) is 1. The SMILES string of the molecule is COc1ccc([C@H](CNC(=O)c2cccc(C#N)c2)N2CCCCC2)cc1. The van der Waals surface area contributed by atoms with Crippen LogP contribution in [0, 0.1) is 11.3 Å². The third-order valence-corrected chi connectivity index (χ3v) is 5.04. The second kappa shape index (κ2) is 9.20. The Morgan fingerprint density at radius 1 is 1.19 bits per heavy atom. The van der Waals surface area contributed by atoms with E-state index in [1.54, 1.807) is 31.4 Å². The number of nitrogens with one attached hydrogen (secondary N) is 1. The summed E-state index contributed by atoms with van der Waals surface area (Å²) < 4.78 is 5.26. The number of rotatable bonds is 6. The molecule has 1 amide bonds. The lowest BCUT2D eigenvalue weighted by Gasteiger charge is -2.35. The van der Waals surface area contributed by atoms with Gasteiger partial charge in [-0.2, -0.15) is 5.26 Å². The number of nitriles is 1. The average molecular weight is 363 g/mol. The van der Waals surface area contributed by atoms with Crippen LogP contribution < -0.4 is 10.1 Å². The standard InChI is InChI=1S/C22H25N3O2/c1-27-20-10-8-18(9-11-20)21(25-12-3-2-4-13-25)16-24-22(26)19-7-5-6-17(14-19)15-23/h5-11,14,21H,2-4,12-13,16H2,1H3,(H,24,26)/t21-/m0/s1. The van der Waals surface area contributed by atoms with E-state index in [0.717, 1.165) is 18.8 Å². The Hall–Kier alpha value is -2.84. The summed E-state index contributed by atoms with van der Waals surface area (Å²) in [4.78, 5) is 15.0. The van der Waals surface area contributed by atoms with Crippen molar-refractivity contribution in [1.82, 2.24) is 10.2 Å². The number of nitrogens with zero attached hydrogens (tertiary/aromatic N) is 2. The smallest absolute Gasteiger partial charge is 0.251 e. The number of hydrogen-bond acceptors (Lipinski definition) is 4. The third-order valence-electron chi connectivity index (χ3n) is 5.04. The molecular weight excluding hydrogens is 338 g/mol. The first kappa shape index (κ1) is 18.9. The highest BCUT2D eigenvalue weighted by Gasteiger charge is 2.23. The minimum atomic E-state index is -0.150. The predicted molar refractivity (Wildman–Crippen MR) is 105 cm³/mol. The molecule has 2 aromatic carbocycles. The van der Waals surface area contributed by atoms with Crippen LogP contribution in [-0.4, -0.2) is 37.6 Å². The van der Waals surface area contributed by atoms with Crippen LogP contribution in [0.2, 0.25) is 0 Å². The van der Waals surface area contributed by atoms with Crippen molar-refractivity contribution in [3.05, 3.63) is 65.2 Å². The van der Waals surface area contributed by atoms with Gasteiger partial charge in [-0.3, -0.25) is 9.69 Å². The second-order valence-corrected chi connectivity index (χ2v) is 6.79. The van der Waals surface area contributed by atoms with Crippen molar-refractivity contribution < 1.29 is 9.53 Å². The molecule has 1 aliphatic rings. The van der Waals surface area contributed by atoms with Gasteiger partial charge in [0.25, 0.3) is 5.91 Å². The summed E-state index contributed by atoms with van der Waals surface area (Å²) in [5.74, 6) is 0.677. The van der Waals surface area contributed by atoms with Gasteiger partial charge in [-0.25, -0.2) is 0 Å². The molecule has 5 nitrogen and oxygen atoms in total. The Balaban J connectivity index is 1.74. The van der Waals surface area contributed by atoms with Crippen LogP contribution in [-0.2, 0) is 0 Å². The fourth-order valence-corrected chi connectivity index (χ4v) is 3.54. The number of piperidine rings is 1. The summed E-state index contributed by atoms with van der Waals surface area (Å²) in [5, 5.41) is 12.1. The Morgan fingerprint density at radius 3 is 2.59 bits per heavy atom. The molecule has 0 aromatic heterocycles. The molecule has 140 valence electrons. The molecule has 0 saturated carbocycles. The second-order valence-electron chi connectivity index (χ2n) is 6.79. The van der Waals surface area contributed by atoms with Gasteiger partial charge >= 0.3 is 0 Å². The summed E-state index contributed by atoms with van der Waals surface area (Å²) in [5.41, 5.74) is 2.18. The Labute approximate surface area is 160 Å². The van der Waals surface area contributed by atoms with Crippen LogP contribution in [0.4, 0.5) is 0 Å². The van der Waals surface area contributed by atoms with Gasteiger partial charge in [-0.1, -0.05) is 24.6 Å². The van der Waals surface area contributed by atoms with Crippen molar-refractivity contribution >= 4 is 5.91 Å². The van der Waals surface area contributed by atoms with Gasteiger partial charge in [0.1, 0.15) is 5.75 Å². The van der Waals surface area contributed by atoms with E-state index < -0.39 is 0 Å². The minimum Gasteiger partial charge on any atom is -0.497 e. The Kier molecular flexibility index (Phi) is 6.45. The number of carbonyl (C=O) groups excluding carboxylic acids is 1. The van der Waals surface area contributed by atoms with E-state index in [1.807, 2.05) is 12.1 Å². The van der Waals surface area contributed by atoms with E-state index in [9.17, 15) is 4.79 Å². The van der Waals surface area contributed by atoms with Gasteiger partial charge in [0.05, 0.1) is 24.8 Å². The predicted octanol–water partition coefficient (Wildman–Crippen LogP) is 3.52. The first-order chi connectivity index (χ1) is 13.2. The lowest BCUT2D eigenvalue weighted by molar-refractivity contribution is 0.0924. The van der Waals surface area contributed by atoms with Gasteiger partial charge in [0.2, 0.25) is 0 Å². The van der Waals surface area contributed by atoms with Crippen LogP contribution in [0.5, 0.6) is 5.75 Å². The number of amides is 1. The molecule has 0 spiro atoms. The molecule has 1 fully saturated rings. The molecule has 0 radical (unpaired) electrons. The lowest BCUT2D eigenvalue weighted by atomic mass is 10.0. The van der Waals surface area contributed by atoms with E-state index in [0.29, 0.717) is 17.7 Å². The van der Waals surface area contributed by atoms with Crippen LogP contribution >= 0.6 is 0 Å². The van der Waals surface area contributed by atoms with E-state index in [1.165, 1.54) is 24.8 Å². The van der Waals surface area contributed by atoms with Gasteiger partial charge < -0.3 is 10.1 Å². The highest BCUT2D eigenvalue weighted by molar-refractivity contribution is 5.94. The van der Waals surface area contributed by atoms with Crippen LogP contribution in [0.15, 0.2) is 48.5 Å². The zero-order chi connectivity index (χ0) is 19.1. The Morgan fingerprint density at radius 2 is 1.93 bits per heavy atom. The fraction of sp³-hybridized carbons (Fsp3) is 0.364. The van der Waals surface area contributed by atoms with Crippen LogP contribution in [0.25, 0.3) is 0 Å². The van der Waals surface area contributed by atoms with Gasteiger partial charge in [0, 0.05) is 12.1 Å². The van der Waals surface area contributed by atoms with E-state index >= 15 is 0 Å². The summed E-state index contributed by atoms with van der Waals surface area (Å²) in [6.07, 6.45) is 3.63. The molecule has 1 heterocycles. The summed E-state index contributed by atoms with van der Waals surface area (Å²) in [6.45, 7) is 2.61. The summed E-state index contributed by atoms with van der Waals surface area (Å²) in [6, 6.07) is 17.1. The summed E-state index contributed by atoms with van der Waals surface area (Å²) >= 11 is 0. The Bertz CT molecular complexity index is 805. The topological polar surface area (TPSA) is 65.4 Å². The van der Waals surface area contributed by atoms with E-state index in [-0.39, 0.29) is 11.9 Å². The van der Waals surface area contributed by atoms with Gasteiger partial charge in [-0.15, -0.1) is 0 Å². The van der Waals surface area contributed by atoms with Crippen molar-refractivity contribution in [2.75, 3.05) is 26.7 Å². The zero-order valence-electron chi connectivity index (χ0n) is 15.6. The molecule has 1 saturated heterocycles. The molecule has 27 heavy (non-hydrogen) atoms. The van der Waals surface area contributed by atoms with Gasteiger partial charge in [0.15, 0.2) is 0 Å². The maximum Gasteiger partial charge on any atom is 0.251 e. The van der Waals surface area contributed by atoms with Crippen molar-refractivity contribution in [2.24, 2.45) is 0 Å². The largest absolute Gasteiger partial charge is 0.497 e. The van der Waals surface area contributed by atoms with Gasteiger partial charge in [-0.05, 0) is 61.8 Å². The number of benzene rings is 2. The van der Waals surface area contributed by atoms with Crippen LogP contribution in [0.3, 0.4) is 0 Å². The maximum absolute atomic E-state index is 12.6. The molecule has 1 N–H and O–H groups in total. The first-order valence-electron chi connectivity index (χ1n) is 9.37. The molecular formula is C22H25N3O2. The van der Waals surface area contributed by atoms with Crippen molar-refractivity contribution in [1.29, 1.82) is 5.26 Å². The van der Waals surface area contributed by atoms with Crippen molar-refractivity contribution in [3.8, 4) is 11.8 Å². The maximum atomic E-state index is 12.6. The van der Waals surface area contributed by atoms with E-state index in [2.05, 4.69) is 28.4 Å². The first-order valence-corrected chi connectivity index (χ1v) is 9.37. The molecule has 5 heteroatoms. The highest BCUT2D eigenvalue weighted by Crippen LogP contribution is 2.26. The average Bonchev–Trinajstić information content (AvgIpc) is 2.75. The number of carbonyl (C=O) groups is 1. The fourth-order valence-electron chi connectivity index (χ4n) is 3.54.